The van der Waals surface area contributed by atoms with E-state index in [1.807, 2.05) is 13.8 Å². The first-order chi connectivity index (χ1) is 4.20. The quantitative estimate of drug-likeness (QED) is 0.570. The second-order valence-electron chi connectivity index (χ2n) is 2.33. The molecule has 0 aliphatic carbocycles. The van der Waals surface area contributed by atoms with Crippen LogP contribution in [0.15, 0.2) is 0 Å². The average molecular weight is 131 g/mol. The SMILES string of the molecule is CCC(C)OC(C)C[O]. The lowest BCUT2D eigenvalue weighted by Gasteiger charge is -2.14. The number of ether oxygens (including phenoxy) is 1. The topological polar surface area (TPSA) is 29.1 Å². The van der Waals surface area contributed by atoms with Crippen molar-refractivity contribution >= 4 is 0 Å². The van der Waals surface area contributed by atoms with Crippen LogP contribution in [-0.2, 0) is 9.84 Å². The fourth-order valence-electron chi connectivity index (χ4n) is 0.532. The van der Waals surface area contributed by atoms with Crippen LogP contribution in [0.1, 0.15) is 27.2 Å². The van der Waals surface area contributed by atoms with Crippen LogP contribution in [0.25, 0.3) is 0 Å². The summed E-state index contributed by atoms with van der Waals surface area (Å²) in [7, 11) is 0. The number of rotatable bonds is 4. The molecule has 0 aromatic carbocycles. The third kappa shape index (κ3) is 4.43. The molecule has 0 bridgehead atoms. The molecule has 0 aromatic rings. The molecular formula is C7H15O2. The smallest absolute Gasteiger partial charge is 0.108 e. The highest BCUT2D eigenvalue weighted by molar-refractivity contribution is 4.50. The van der Waals surface area contributed by atoms with Crippen LogP contribution in [0.5, 0.6) is 0 Å². The molecule has 0 aliphatic rings. The first-order valence-corrected chi connectivity index (χ1v) is 3.44. The molecule has 0 fully saturated rings. The first-order valence-electron chi connectivity index (χ1n) is 3.44. The van der Waals surface area contributed by atoms with E-state index in [-0.39, 0.29) is 18.8 Å². The van der Waals surface area contributed by atoms with Gasteiger partial charge in [-0.1, -0.05) is 6.92 Å². The van der Waals surface area contributed by atoms with Crippen molar-refractivity contribution in [3.8, 4) is 0 Å². The molecule has 2 unspecified atom stereocenters. The maximum absolute atomic E-state index is 10.2. The van der Waals surface area contributed by atoms with Gasteiger partial charge in [0.1, 0.15) is 6.61 Å². The molecule has 2 heteroatoms. The van der Waals surface area contributed by atoms with Gasteiger partial charge in [0.2, 0.25) is 0 Å². The van der Waals surface area contributed by atoms with Crippen LogP contribution in [0.2, 0.25) is 0 Å². The molecule has 0 spiro atoms. The second-order valence-corrected chi connectivity index (χ2v) is 2.33. The lowest BCUT2D eigenvalue weighted by atomic mass is 10.3. The Hall–Kier alpha value is -0.0800. The zero-order valence-electron chi connectivity index (χ0n) is 6.39. The van der Waals surface area contributed by atoms with Gasteiger partial charge < -0.3 is 4.74 Å². The van der Waals surface area contributed by atoms with Crippen molar-refractivity contribution in [1.82, 2.24) is 0 Å². The summed E-state index contributed by atoms with van der Waals surface area (Å²) in [6, 6.07) is 0. The Morgan fingerprint density at radius 3 is 2.22 bits per heavy atom. The minimum absolute atomic E-state index is 0.125. The van der Waals surface area contributed by atoms with Gasteiger partial charge >= 0.3 is 0 Å². The lowest BCUT2D eigenvalue weighted by molar-refractivity contribution is -0.0375. The largest absolute Gasteiger partial charge is 0.373 e. The Morgan fingerprint density at radius 2 is 1.89 bits per heavy atom. The van der Waals surface area contributed by atoms with E-state index >= 15 is 0 Å². The van der Waals surface area contributed by atoms with Gasteiger partial charge in [-0.2, -0.15) is 0 Å². The summed E-state index contributed by atoms with van der Waals surface area (Å²) in [4.78, 5) is 0. The summed E-state index contributed by atoms with van der Waals surface area (Å²) >= 11 is 0. The summed E-state index contributed by atoms with van der Waals surface area (Å²) in [6.07, 6.45) is 1.08. The highest BCUT2D eigenvalue weighted by atomic mass is 16.5. The van der Waals surface area contributed by atoms with E-state index in [0.29, 0.717) is 0 Å². The Kier molecular flexibility index (Phi) is 4.72. The third-order valence-electron chi connectivity index (χ3n) is 1.27. The predicted molar refractivity (Wildman–Crippen MR) is 35.9 cm³/mol. The van der Waals surface area contributed by atoms with E-state index < -0.39 is 0 Å². The molecule has 2 nitrogen and oxygen atoms in total. The van der Waals surface area contributed by atoms with E-state index in [2.05, 4.69) is 0 Å². The molecule has 0 aliphatic heterocycles. The molecule has 0 N–H and O–H groups in total. The van der Waals surface area contributed by atoms with Crippen molar-refractivity contribution in [3.63, 3.8) is 0 Å². The van der Waals surface area contributed by atoms with Gasteiger partial charge in [-0.05, 0) is 20.3 Å². The summed E-state index contributed by atoms with van der Waals surface area (Å²) in [6.45, 7) is 5.69. The van der Waals surface area contributed by atoms with E-state index in [1.165, 1.54) is 0 Å². The van der Waals surface area contributed by atoms with Crippen LogP contribution in [-0.4, -0.2) is 18.8 Å². The number of hydrogen-bond acceptors (Lipinski definition) is 1. The van der Waals surface area contributed by atoms with Gasteiger partial charge in [-0.3, -0.25) is 0 Å². The Balaban J connectivity index is 3.22. The van der Waals surface area contributed by atoms with E-state index in [1.54, 1.807) is 6.92 Å². The van der Waals surface area contributed by atoms with Crippen LogP contribution < -0.4 is 0 Å². The summed E-state index contributed by atoms with van der Waals surface area (Å²) < 4.78 is 5.24. The van der Waals surface area contributed by atoms with Crippen molar-refractivity contribution in [2.45, 2.75) is 39.4 Å². The Morgan fingerprint density at radius 1 is 1.33 bits per heavy atom. The van der Waals surface area contributed by atoms with Crippen LogP contribution in [0.4, 0.5) is 0 Å². The third-order valence-corrected chi connectivity index (χ3v) is 1.27. The van der Waals surface area contributed by atoms with Gasteiger partial charge in [0.05, 0.1) is 12.2 Å². The van der Waals surface area contributed by atoms with Gasteiger partial charge in [0.15, 0.2) is 0 Å². The lowest BCUT2D eigenvalue weighted by Crippen LogP contribution is -2.18. The monoisotopic (exact) mass is 131 g/mol. The Bertz CT molecular complexity index is 55.9. The maximum Gasteiger partial charge on any atom is 0.108 e. The van der Waals surface area contributed by atoms with E-state index in [9.17, 15) is 5.11 Å². The van der Waals surface area contributed by atoms with E-state index in [4.69, 9.17) is 4.74 Å². The fraction of sp³-hybridized carbons (Fsp3) is 1.00. The van der Waals surface area contributed by atoms with Gasteiger partial charge in [0, 0.05) is 0 Å². The van der Waals surface area contributed by atoms with Gasteiger partial charge in [-0.15, -0.1) is 0 Å². The Labute approximate surface area is 56.8 Å². The molecule has 0 amide bonds. The zero-order chi connectivity index (χ0) is 7.28. The molecule has 0 aromatic heterocycles. The molecule has 9 heavy (non-hydrogen) atoms. The van der Waals surface area contributed by atoms with Crippen molar-refractivity contribution in [1.29, 1.82) is 0 Å². The number of hydrogen-bond donors (Lipinski definition) is 0. The van der Waals surface area contributed by atoms with Gasteiger partial charge in [0.25, 0.3) is 0 Å². The van der Waals surface area contributed by atoms with Gasteiger partial charge in [-0.25, -0.2) is 5.11 Å². The highest BCUT2D eigenvalue weighted by Gasteiger charge is 2.04. The minimum atomic E-state index is -0.135. The summed E-state index contributed by atoms with van der Waals surface area (Å²) in [5, 5.41) is 10.2. The first kappa shape index (κ1) is 8.92. The van der Waals surface area contributed by atoms with Crippen molar-refractivity contribution in [2.75, 3.05) is 6.61 Å². The van der Waals surface area contributed by atoms with Crippen molar-refractivity contribution in [2.24, 2.45) is 0 Å². The summed E-state index contributed by atoms with van der Waals surface area (Å²) in [5.41, 5.74) is 0. The predicted octanol–water partition coefficient (Wildman–Crippen LogP) is 1.62. The minimum Gasteiger partial charge on any atom is -0.373 e. The van der Waals surface area contributed by atoms with E-state index in [0.717, 1.165) is 6.42 Å². The summed E-state index contributed by atoms with van der Waals surface area (Å²) in [5.74, 6) is 0. The molecular weight excluding hydrogens is 116 g/mol. The fourth-order valence-corrected chi connectivity index (χ4v) is 0.532. The molecule has 0 rings (SSSR count). The molecule has 55 valence electrons. The van der Waals surface area contributed by atoms with Crippen molar-refractivity contribution in [3.05, 3.63) is 0 Å². The average Bonchev–Trinajstić information content (AvgIpc) is 1.87. The molecule has 2 atom stereocenters. The van der Waals surface area contributed by atoms with Crippen LogP contribution in [0, 0.1) is 0 Å². The molecule has 1 radical (unpaired) electrons. The van der Waals surface area contributed by atoms with Crippen LogP contribution in [0.3, 0.4) is 0 Å². The zero-order valence-corrected chi connectivity index (χ0v) is 6.39. The second kappa shape index (κ2) is 4.77. The molecule has 0 saturated carbocycles. The molecule has 0 heterocycles. The maximum atomic E-state index is 10.2. The standard InChI is InChI=1S/C7H15O2/c1-4-6(2)9-7(3)5-8/h6-7H,4-5H2,1-3H3. The normalized spacial score (nSPS) is 17.3. The highest BCUT2D eigenvalue weighted by Crippen LogP contribution is 2.00. The van der Waals surface area contributed by atoms with Crippen molar-refractivity contribution < 1.29 is 9.84 Å². The van der Waals surface area contributed by atoms with Crippen LogP contribution >= 0.6 is 0 Å². The molecule has 0 saturated heterocycles.